The van der Waals surface area contributed by atoms with Gasteiger partial charge in [-0.25, -0.2) is 0 Å². The molecule has 1 aromatic carbocycles. The summed E-state index contributed by atoms with van der Waals surface area (Å²) in [6.07, 6.45) is 2.38. The number of ether oxygens (including phenoxy) is 1. The number of H-pyrrole nitrogens is 1. The molecule has 1 amide bonds. The summed E-state index contributed by atoms with van der Waals surface area (Å²) in [6.45, 7) is 3.96. The van der Waals surface area contributed by atoms with E-state index in [4.69, 9.17) is 17.0 Å². The maximum absolute atomic E-state index is 12.7. The van der Waals surface area contributed by atoms with Crippen LogP contribution in [0.15, 0.2) is 47.4 Å². The molecule has 7 nitrogen and oxygen atoms in total. The number of fused-ring (bicyclic) bond motifs is 1. The van der Waals surface area contributed by atoms with E-state index in [2.05, 4.69) is 15.3 Å². The number of pyridine rings is 1. The highest BCUT2D eigenvalue weighted by molar-refractivity contribution is 7.71. The second-order valence-corrected chi connectivity index (χ2v) is 6.59. The molecule has 0 atom stereocenters. The molecule has 0 saturated carbocycles. The summed E-state index contributed by atoms with van der Waals surface area (Å²) in [5.74, 6) is -0.243. The second-order valence-electron chi connectivity index (χ2n) is 6.20. The lowest BCUT2D eigenvalue weighted by molar-refractivity contribution is 0.0950. The van der Waals surface area contributed by atoms with Gasteiger partial charge in [-0.05, 0) is 55.9 Å². The number of carbonyl (C=O) groups is 1. The molecule has 2 N–H and O–H groups in total. The molecule has 0 bridgehead atoms. The fourth-order valence-corrected chi connectivity index (χ4v) is 3.13. The van der Waals surface area contributed by atoms with E-state index in [1.807, 2.05) is 25.1 Å². The first-order valence-corrected chi connectivity index (χ1v) is 9.53. The monoisotopic (exact) mass is 398 g/mol. The summed E-state index contributed by atoms with van der Waals surface area (Å²) >= 11 is 5.33. The molecule has 8 heteroatoms. The first-order valence-electron chi connectivity index (χ1n) is 9.13. The van der Waals surface area contributed by atoms with Crippen LogP contribution in [0.4, 0.5) is 0 Å². The van der Waals surface area contributed by atoms with Crippen molar-refractivity contribution < 1.29 is 9.53 Å². The molecular formula is C20H22N4O3S. The van der Waals surface area contributed by atoms with E-state index in [1.54, 1.807) is 24.4 Å². The Labute approximate surface area is 167 Å². The van der Waals surface area contributed by atoms with Crippen LogP contribution in [0, 0.1) is 4.77 Å². The third kappa shape index (κ3) is 4.71. The van der Waals surface area contributed by atoms with Crippen molar-refractivity contribution in [2.45, 2.75) is 26.4 Å². The Morgan fingerprint density at radius 3 is 2.93 bits per heavy atom. The number of nitrogens with one attached hydrogen (secondary N) is 2. The van der Waals surface area contributed by atoms with Gasteiger partial charge in [0.05, 0.1) is 23.1 Å². The van der Waals surface area contributed by atoms with Crippen molar-refractivity contribution in [2.75, 3.05) is 13.2 Å². The number of nitrogens with zero attached hydrogens (tertiary/aromatic N) is 2. The van der Waals surface area contributed by atoms with E-state index in [0.717, 1.165) is 5.69 Å². The fourth-order valence-electron chi connectivity index (χ4n) is 2.84. The summed E-state index contributed by atoms with van der Waals surface area (Å²) < 4.78 is 7.17. The van der Waals surface area contributed by atoms with E-state index in [0.29, 0.717) is 54.0 Å². The van der Waals surface area contributed by atoms with Crippen LogP contribution in [0.3, 0.4) is 0 Å². The SMILES string of the molecule is CCOCCCn1c(=S)[nH]c2cc(C(=O)NCc3ccccn3)ccc2c1=O. The Morgan fingerprint density at radius 1 is 1.32 bits per heavy atom. The van der Waals surface area contributed by atoms with E-state index in [1.165, 1.54) is 4.57 Å². The van der Waals surface area contributed by atoms with E-state index in [-0.39, 0.29) is 11.5 Å². The average molecular weight is 398 g/mol. The van der Waals surface area contributed by atoms with Crippen molar-refractivity contribution in [1.29, 1.82) is 0 Å². The highest BCUT2D eigenvalue weighted by Gasteiger charge is 2.10. The van der Waals surface area contributed by atoms with Crippen LogP contribution in [-0.4, -0.2) is 33.7 Å². The highest BCUT2D eigenvalue weighted by atomic mass is 32.1. The molecule has 0 aliphatic heterocycles. The quantitative estimate of drug-likeness (QED) is 0.450. The Bertz CT molecular complexity index is 1080. The summed E-state index contributed by atoms with van der Waals surface area (Å²) in [7, 11) is 0. The van der Waals surface area contributed by atoms with Gasteiger partial charge in [-0.15, -0.1) is 0 Å². The normalized spacial score (nSPS) is 10.9. The summed E-state index contributed by atoms with van der Waals surface area (Å²) in [4.78, 5) is 32.4. The second kappa shape index (κ2) is 9.38. The van der Waals surface area contributed by atoms with Crippen molar-refractivity contribution in [3.05, 3.63) is 69.0 Å². The molecule has 3 aromatic rings. The van der Waals surface area contributed by atoms with Gasteiger partial charge < -0.3 is 15.0 Å². The molecule has 0 saturated heterocycles. The van der Waals surface area contributed by atoms with Gasteiger partial charge in [0.15, 0.2) is 4.77 Å². The molecule has 0 fully saturated rings. The molecule has 2 heterocycles. The van der Waals surface area contributed by atoms with Gasteiger partial charge in [-0.2, -0.15) is 0 Å². The van der Waals surface area contributed by atoms with Crippen LogP contribution < -0.4 is 10.9 Å². The molecule has 0 radical (unpaired) electrons. The number of amides is 1. The Morgan fingerprint density at radius 2 is 2.18 bits per heavy atom. The van der Waals surface area contributed by atoms with Crippen molar-refractivity contribution in [1.82, 2.24) is 19.9 Å². The van der Waals surface area contributed by atoms with Crippen LogP contribution in [-0.2, 0) is 17.8 Å². The number of hydrogen-bond donors (Lipinski definition) is 2. The number of aromatic amines is 1. The topological polar surface area (TPSA) is 89.0 Å². The number of benzene rings is 1. The predicted octanol–water partition coefficient (Wildman–Crippen LogP) is 2.81. The van der Waals surface area contributed by atoms with Crippen LogP contribution in [0.2, 0.25) is 0 Å². The largest absolute Gasteiger partial charge is 0.382 e. The lowest BCUT2D eigenvalue weighted by Gasteiger charge is -2.10. The third-order valence-corrected chi connectivity index (χ3v) is 4.60. The van der Waals surface area contributed by atoms with E-state index >= 15 is 0 Å². The van der Waals surface area contributed by atoms with E-state index in [9.17, 15) is 9.59 Å². The lowest BCUT2D eigenvalue weighted by atomic mass is 10.1. The average Bonchev–Trinajstić information content (AvgIpc) is 2.71. The van der Waals surface area contributed by atoms with Crippen molar-refractivity contribution in [3.8, 4) is 0 Å². The molecule has 0 aliphatic carbocycles. The summed E-state index contributed by atoms with van der Waals surface area (Å²) in [5.41, 5.74) is 1.59. The predicted molar refractivity (Wildman–Crippen MR) is 110 cm³/mol. The van der Waals surface area contributed by atoms with Gasteiger partial charge in [0, 0.05) is 31.5 Å². The zero-order valence-electron chi connectivity index (χ0n) is 15.6. The number of rotatable bonds is 8. The van der Waals surface area contributed by atoms with Crippen molar-refractivity contribution >= 4 is 29.0 Å². The Hall–Kier alpha value is -2.84. The van der Waals surface area contributed by atoms with Gasteiger partial charge in [0.2, 0.25) is 0 Å². The van der Waals surface area contributed by atoms with Crippen LogP contribution in [0.25, 0.3) is 10.9 Å². The highest BCUT2D eigenvalue weighted by Crippen LogP contribution is 2.11. The molecular weight excluding hydrogens is 376 g/mol. The standard InChI is InChI=1S/C20H22N4O3S/c1-2-27-11-5-10-24-19(26)16-8-7-14(12-17(16)23-20(24)28)18(25)22-13-15-6-3-4-9-21-15/h3-4,6-9,12H,2,5,10-11,13H2,1H3,(H,22,25)(H,23,28). The van der Waals surface area contributed by atoms with Gasteiger partial charge in [0.1, 0.15) is 0 Å². The zero-order valence-corrected chi connectivity index (χ0v) is 16.4. The smallest absolute Gasteiger partial charge is 0.262 e. The van der Waals surface area contributed by atoms with E-state index < -0.39 is 0 Å². The Balaban J connectivity index is 1.78. The third-order valence-electron chi connectivity index (χ3n) is 4.27. The maximum atomic E-state index is 12.7. The van der Waals surface area contributed by atoms with Gasteiger partial charge in [-0.3, -0.25) is 19.1 Å². The van der Waals surface area contributed by atoms with Crippen molar-refractivity contribution in [2.24, 2.45) is 0 Å². The van der Waals surface area contributed by atoms with Gasteiger partial charge >= 0.3 is 0 Å². The summed E-state index contributed by atoms with van der Waals surface area (Å²) in [5, 5.41) is 3.31. The number of hydrogen-bond acceptors (Lipinski definition) is 5. The first kappa shape index (κ1) is 19.9. The maximum Gasteiger partial charge on any atom is 0.262 e. The molecule has 0 aliphatic rings. The zero-order chi connectivity index (χ0) is 19.9. The van der Waals surface area contributed by atoms with Gasteiger partial charge in [0.25, 0.3) is 11.5 Å². The lowest BCUT2D eigenvalue weighted by Crippen LogP contribution is -2.25. The molecule has 0 spiro atoms. The molecule has 0 unspecified atom stereocenters. The molecule has 28 heavy (non-hydrogen) atoms. The van der Waals surface area contributed by atoms with Crippen LogP contribution in [0.1, 0.15) is 29.4 Å². The minimum Gasteiger partial charge on any atom is -0.382 e. The molecule has 2 aromatic heterocycles. The molecule has 146 valence electrons. The molecule has 3 rings (SSSR count). The first-order chi connectivity index (χ1) is 13.6. The minimum atomic E-state index is -0.243. The Kier molecular flexibility index (Phi) is 6.67. The van der Waals surface area contributed by atoms with Crippen LogP contribution >= 0.6 is 12.2 Å². The fraction of sp³-hybridized carbons (Fsp3) is 0.300. The number of aromatic nitrogens is 3. The van der Waals surface area contributed by atoms with Gasteiger partial charge in [-0.1, -0.05) is 6.07 Å². The summed E-state index contributed by atoms with van der Waals surface area (Å²) in [6, 6.07) is 10.5. The minimum absolute atomic E-state index is 0.171. The van der Waals surface area contributed by atoms with Crippen LogP contribution in [0.5, 0.6) is 0 Å². The number of carbonyl (C=O) groups excluding carboxylic acids is 1. The van der Waals surface area contributed by atoms with Crippen molar-refractivity contribution in [3.63, 3.8) is 0 Å².